The van der Waals surface area contributed by atoms with Gasteiger partial charge in [-0.25, -0.2) is 4.79 Å². The van der Waals surface area contributed by atoms with Gasteiger partial charge in [-0.1, -0.05) is 75.1 Å². The predicted octanol–water partition coefficient (Wildman–Crippen LogP) is 3.34. The summed E-state index contributed by atoms with van der Waals surface area (Å²) in [6.45, 7) is -6.78. The first-order chi connectivity index (χ1) is 18.8. The number of hydrogen-bond donors (Lipinski definition) is 1. The highest BCUT2D eigenvalue weighted by Gasteiger charge is 2.46. The molecule has 1 aromatic carbocycles. The molecule has 0 spiro atoms. The molecule has 2 rings (SSSR count). The van der Waals surface area contributed by atoms with Crippen LogP contribution in [0.1, 0.15) is 74.6 Å². The fraction of sp³-hybridized carbons (Fsp3) is 0.591. The summed E-state index contributed by atoms with van der Waals surface area (Å²) in [6.07, 6.45) is -20.6. The molecule has 1 aromatic rings. The number of benzene rings is 1. The van der Waals surface area contributed by atoms with E-state index in [1.165, 1.54) is 6.07 Å². The lowest BCUT2D eigenvalue weighted by molar-refractivity contribution is -0.174. The van der Waals surface area contributed by atoms with E-state index >= 15 is 0 Å². The normalized spacial score (nSPS) is 39.5. The molecule has 1 aliphatic carbocycles. The van der Waals surface area contributed by atoms with Crippen LogP contribution in [0, 0.1) is 17.7 Å². The molecule has 0 amide bonds. The minimum absolute atomic E-state index is 0.591. The van der Waals surface area contributed by atoms with E-state index in [2.05, 4.69) is 10.7 Å². The van der Waals surface area contributed by atoms with Crippen LogP contribution in [0.15, 0.2) is 30.3 Å². The van der Waals surface area contributed by atoms with Crippen LogP contribution >= 0.6 is 0 Å². The lowest BCUT2D eigenvalue weighted by atomic mass is 9.73. The number of esters is 1. The highest BCUT2D eigenvalue weighted by atomic mass is 16.5. The molecule has 1 unspecified atom stereocenters. The van der Waals surface area contributed by atoms with Crippen molar-refractivity contribution in [3.05, 3.63) is 35.9 Å². The van der Waals surface area contributed by atoms with Gasteiger partial charge in [-0.2, -0.15) is 0 Å². The van der Waals surface area contributed by atoms with Crippen molar-refractivity contribution in [1.82, 2.24) is 4.90 Å². The van der Waals surface area contributed by atoms with Crippen molar-refractivity contribution in [2.75, 3.05) is 26.1 Å². The molecule has 0 heterocycles. The molecule has 26 heavy (non-hydrogen) atoms. The molecule has 1 aliphatic rings. The summed E-state index contributed by atoms with van der Waals surface area (Å²) in [6, 6.07) is 5.32. The van der Waals surface area contributed by atoms with Crippen LogP contribution < -0.4 is 0 Å². The molecular weight excluding hydrogens is 326 g/mol. The maximum absolute atomic E-state index is 13.7. The van der Waals surface area contributed by atoms with E-state index in [1.54, 1.807) is 5.92 Å². The van der Waals surface area contributed by atoms with E-state index < -0.39 is 81.0 Å². The van der Waals surface area contributed by atoms with E-state index in [4.69, 9.17) is 23.3 Å². The Hall–Kier alpha value is -1.83. The minimum atomic E-state index is -4.30. The van der Waals surface area contributed by atoms with Crippen LogP contribution in [-0.4, -0.2) is 42.1 Å². The van der Waals surface area contributed by atoms with Gasteiger partial charge in [0.25, 0.3) is 0 Å². The summed E-state index contributed by atoms with van der Waals surface area (Å²) in [7, 11) is 0. The molecule has 4 heteroatoms. The van der Waals surface area contributed by atoms with Crippen molar-refractivity contribution in [3.63, 3.8) is 0 Å². The maximum Gasteiger partial charge on any atom is 0.344 e. The van der Waals surface area contributed by atoms with E-state index in [0.29, 0.717) is 4.90 Å². The molecule has 0 radical (unpaired) electrons. The largest absolute Gasteiger partial charge is 0.450 e. The SMILES string of the molecule is [2H]C([2H])(C#CCN(C([2H])([2H])C)C([2H])([2H])C)OC(=O)C(O)(c1ccccc1)C1([2H])C([2H])([2H])C([2H])([2H])C([2H])([2H])C([2H])([2H])C1([2H])[2H]. The highest BCUT2D eigenvalue weighted by Crippen LogP contribution is 2.40. The molecule has 1 N–H and O–H groups in total. The van der Waals surface area contributed by atoms with Crippen LogP contribution in [0.5, 0.6) is 0 Å². The molecule has 1 saturated carbocycles. The van der Waals surface area contributed by atoms with Gasteiger partial charge in [-0.3, -0.25) is 4.90 Å². The number of ether oxygens (including phenoxy) is 1. The Morgan fingerprint density at radius 1 is 1.31 bits per heavy atom. The molecule has 0 saturated heterocycles. The second-order valence-electron chi connectivity index (χ2n) is 4.90. The first-order valence-electron chi connectivity index (χ1n) is 16.1. The highest BCUT2D eigenvalue weighted by molar-refractivity contribution is 5.81. The van der Waals surface area contributed by atoms with E-state index in [-0.39, 0.29) is 0 Å². The summed E-state index contributed by atoms with van der Waals surface area (Å²) < 4.78 is 143. The van der Waals surface area contributed by atoms with Gasteiger partial charge in [0.2, 0.25) is 0 Å². The summed E-state index contributed by atoms with van der Waals surface area (Å²) in [4.78, 5) is 14.2. The molecule has 0 aromatic heterocycles. The van der Waals surface area contributed by atoms with Crippen LogP contribution in [0.4, 0.5) is 0 Å². The van der Waals surface area contributed by atoms with Crippen LogP contribution in [0.25, 0.3) is 0 Å². The number of hydrogen-bond acceptors (Lipinski definition) is 4. The summed E-state index contributed by atoms with van der Waals surface area (Å²) >= 11 is 0. The average Bonchev–Trinajstić information content (AvgIpc) is 2.82. The van der Waals surface area contributed by atoms with Crippen molar-refractivity contribution in [3.8, 4) is 11.8 Å². The van der Waals surface area contributed by atoms with Crippen molar-refractivity contribution in [1.29, 1.82) is 0 Å². The quantitative estimate of drug-likeness (QED) is 0.587. The smallest absolute Gasteiger partial charge is 0.344 e. The zero-order chi connectivity index (χ0) is 34.1. The third-order valence-electron chi connectivity index (χ3n) is 3.41. The minimum Gasteiger partial charge on any atom is -0.450 e. The molecule has 0 bridgehead atoms. The van der Waals surface area contributed by atoms with Gasteiger partial charge in [0.15, 0.2) is 12.2 Å². The van der Waals surface area contributed by atoms with E-state index in [9.17, 15) is 9.90 Å². The number of carbonyl (C=O) groups excluding carboxylic acids is 1. The molecule has 0 aliphatic heterocycles. The van der Waals surface area contributed by atoms with E-state index in [1.807, 2.05) is 0 Å². The Kier molecular flexibility index (Phi) is 2.90. The van der Waals surface area contributed by atoms with Crippen LogP contribution in [0.3, 0.4) is 0 Å². The molecule has 1 atom stereocenters. The fourth-order valence-electron chi connectivity index (χ4n) is 2.04. The topological polar surface area (TPSA) is 49.8 Å². The second kappa shape index (κ2) is 10.4. The molecular formula is C22H31NO3. The molecule has 142 valence electrons. The Morgan fingerprint density at radius 2 is 1.96 bits per heavy atom. The summed E-state index contributed by atoms with van der Waals surface area (Å²) in [5.41, 5.74) is -4.90. The van der Waals surface area contributed by atoms with Gasteiger partial charge in [-0.05, 0) is 31.3 Å². The number of aliphatic hydroxyl groups is 1. The van der Waals surface area contributed by atoms with Crippen LogP contribution in [-0.2, 0) is 15.1 Å². The number of rotatable bonds is 7. The summed E-state index contributed by atoms with van der Waals surface area (Å²) in [5.74, 6) is -2.73. The van der Waals surface area contributed by atoms with Crippen molar-refractivity contribution in [2.24, 2.45) is 5.89 Å². The second-order valence-corrected chi connectivity index (χ2v) is 4.90. The average molecular weight is 375 g/mol. The summed E-state index contributed by atoms with van der Waals surface area (Å²) in [5, 5.41) is 11.9. The first-order valence-corrected chi connectivity index (χ1v) is 7.61. The lowest BCUT2D eigenvalue weighted by Gasteiger charge is -2.36. The van der Waals surface area contributed by atoms with Gasteiger partial charge in [0, 0.05) is 26.5 Å². The van der Waals surface area contributed by atoms with Crippen molar-refractivity contribution in [2.45, 2.75) is 51.3 Å². The number of nitrogens with zero attached hydrogens (tertiary/aromatic N) is 1. The standard InChI is InChI=1S/C22H31NO3/c1-3-23(4-2)17-11-12-18-26-21(24)22(25,19-13-7-5-8-14-19)20-15-9-6-10-16-20/h5,7-8,13-14,20,25H,3-4,6,9-10,15-18H2,1-2H3/i3D2,4D2,6D2,9D2,10D2,15D2,16D2,18D2,20D. The first kappa shape index (κ1) is 7.30. The zero-order valence-corrected chi connectivity index (χ0v) is 14.3. The van der Waals surface area contributed by atoms with Crippen molar-refractivity contribution < 1.29 is 37.9 Å². The lowest BCUT2D eigenvalue weighted by Crippen LogP contribution is -2.45. The van der Waals surface area contributed by atoms with E-state index in [0.717, 1.165) is 38.1 Å². The molecule has 4 nitrogen and oxygen atoms in total. The monoisotopic (exact) mass is 374 g/mol. The van der Waals surface area contributed by atoms with Gasteiger partial charge in [0.1, 0.15) is 0 Å². The van der Waals surface area contributed by atoms with Gasteiger partial charge < -0.3 is 9.84 Å². The fourth-order valence-corrected chi connectivity index (χ4v) is 2.04. The third-order valence-corrected chi connectivity index (χ3v) is 3.41. The Bertz CT molecular complexity index is 1230. The van der Waals surface area contributed by atoms with Crippen molar-refractivity contribution >= 4 is 5.97 Å². The molecule has 1 fully saturated rings. The number of carbonyl (C=O) groups is 1. The zero-order valence-electron chi connectivity index (χ0n) is 31.3. The third kappa shape index (κ3) is 5.09. The van der Waals surface area contributed by atoms with Gasteiger partial charge in [-0.15, -0.1) is 0 Å². The van der Waals surface area contributed by atoms with Crippen LogP contribution in [0.2, 0.25) is 0 Å². The Balaban J connectivity index is 2.80. The maximum atomic E-state index is 13.7. The predicted molar refractivity (Wildman–Crippen MR) is 103 cm³/mol. The Morgan fingerprint density at radius 3 is 2.58 bits per heavy atom. The van der Waals surface area contributed by atoms with Gasteiger partial charge >= 0.3 is 5.97 Å². The Labute approximate surface area is 181 Å². The van der Waals surface area contributed by atoms with Gasteiger partial charge in [0.05, 0.1) is 9.29 Å².